The zero-order chi connectivity index (χ0) is 17.8. The SMILES string of the molecule is O=S(=O)(NCCCN1CCNCC1)c1c(Cl)cccc1C(F)(F)F. The minimum Gasteiger partial charge on any atom is -0.314 e. The molecule has 1 aromatic carbocycles. The van der Waals surface area contributed by atoms with Crippen molar-refractivity contribution in [3.05, 3.63) is 28.8 Å². The molecule has 0 unspecified atom stereocenters. The molecule has 24 heavy (non-hydrogen) atoms. The molecule has 1 saturated heterocycles. The monoisotopic (exact) mass is 385 g/mol. The van der Waals surface area contributed by atoms with Crippen LogP contribution in [0.3, 0.4) is 0 Å². The van der Waals surface area contributed by atoms with Crippen LogP contribution in [-0.2, 0) is 16.2 Å². The first-order valence-electron chi connectivity index (χ1n) is 7.50. The van der Waals surface area contributed by atoms with Crippen LogP contribution in [0.25, 0.3) is 0 Å². The molecule has 1 fully saturated rings. The largest absolute Gasteiger partial charge is 0.417 e. The summed E-state index contributed by atoms with van der Waals surface area (Å²) >= 11 is 5.72. The van der Waals surface area contributed by atoms with Crippen molar-refractivity contribution in [2.24, 2.45) is 0 Å². The summed E-state index contributed by atoms with van der Waals surface area (Å²) in [5.74, 6) is 0. The number of benzene rings is 1. The van der Waals surface area contributed by atoms with Crippen molar-refractivity contribution in [3.63, 3.8) is 0 Å². The summed E-state index contributed by atoms with van der Waals surface area (Å²) < 4.78 is 65.8. The molecule has 0 saturated carbocycles. The third-order valence-corrected chi connectivity index (χ3v) is 5.68. The lowest BCUT2D eigenvalue weighted by Crippen LogP contribution is -2.44. The highest BCUT2D eigenvalue weighted by atomic mass is 35.5. The average molecular weight is 386 g/mol. The van der Waals surface area contributed by atoms with Gasteiger partial charge in [0.05, 0.1) is 10.6 Å². The fourth-order valence-electron chi connectivity index (χ4n) is 2.52. The second-order valence-corrected chi connectivity index (χ2v) is 7.57. The van der Waals surface area contributed by atoms with Crippen LogP contribution in [0.2, 0.25) is 5.02 Å². The molecule has 10 heteroatoms. The van der Waals surface area contributed by atoms with E-state index in [2.05, 4.69) is 14.9 Å². The molecular formula is C14H19ClF3N3O2S. The Kier molecular flexibility index (Phi) is 6.49. The molecule has 2 N–H and O–H groups in total. The van der Waals surface area contributed by atoms with Gasteiger partial charge >= 0.3 is 6.18 Å². The summed E-state index contributed by atoms with van der Waals surface area (Å²) in [4.78, 5) is 1.25. The molecule has 0 spiro atoms. The van der Waals surface area contributed by atoms with Gasteiger partial charge in [-0.1, -0.05) is 17.7 Å². The molecular weight excluding hydrogens is 367 g/mol. The van der Waals surface area contributed by atoms with Crippen LogP contribution >= 0.6 is 11.6 Å². The van der Waals surface area contributed by atoms with Crippen LogP contribution in [0.5, 0.6) is 0 Å². The van der Waals surface area contributed by atoms with Gasteiger partial charge in [-0.3, -0.25) is 0 Å². The summed E-state index contributed by atoms with van der Waals surface area (Å²) in [6.45, 7) is 4.22. The Balaban J connectivity index is 2.02. The standard InChI is InChI=1S/C14H19ClF3N3O2S/c15-12-4-1-3-11(14(16,17)18)13(12)24(22,23)20-5-2-8-21-9-6-19-7-10-21/h1,3-4,19-20H,2,5-10H2. The fraction of sp³-hybridized carbons (Fsp3) is 0.571. The molecule has 1 heterocycles. The van der Waals surface area contributed by atoms with E-state index in [0.29, 0.717) is 19.0 Å². The summed E-state index contributed by atoms with van der Waals surface area (Å²) in [5.41, 5.74) is -1.26. The molecule has 0 amide bonds. The van der Waals surface area contributed by atoms with Crippen LogP contribution in [0.15, 0.2) is 23.1 Å². The lowest BCUT2D eigenvalue weighted by Gasteiger charge is -2.27. The molecule has 1 aromatic rings. The van der Waals surface area contributed by atoms with Gasteiger partial charge in [0.25, 0.3) is 0 Å². The van der Waals surface area contributed by atoms with E-state index < -0.39 is 31.7 Å². The van der Waals surface area contributed by atoms with Crippen molar-refractivity contribution in [1.29, 1.82) is 0 Å². The Labute approximate surface area is 144 Å². The quantitative estimate of drug-likeness (QED) is 0.735. The Hall–Kier alpha value is -0.870. The zero-order valence-electron chi connectivity index (χ0n) is 12.9. The topological polar surface area (TPSA) is 61.4 Å². The summed E-state index contributed by atoms with van der Waals surface area (Å²) in [6.07, 6.45) is -4.29. The summed E-state index contributed by atoms with van der Waals surface area (Å²) in [6, 6.07) is 2.92. The number of piperazine rings is 1. The van der Waals surface area contributed by atoms with Gasteiger partial charge in [0.2, 0.25) is 10.0 Å². The second-order valence-electron chi connectivity index (χ2n) is 5.46. The first-order chi connectivity index (χ1) is 11.2. The lowest BCUT2D eigenvalue weighted by molar-refractivity contribution is -0.139. The maximum Gasteiger partial charge on any atom is 0.417 e. The minimum absolute atomic E-state index is 0.0504. The van der Waals surface area contributed by atoms with Crippen LogP contribution in [0, 0.1) is 0 Å². The van der Waals surface area contributed by atoms with E-state index in [-0.39, 0.29) is 6.54 Å². The number of alkyl halides is 3. The van der Waals surface area contributed by atoms with E-state index in [1.165, 1.54) is 0 Å². The molecule has 2 rings (SSSR count). The Morgan fingerprint density at radius 1 is 1.25 bits per heavy atom. The van der Waals surface area contributed by atoms with Gasteiger partial charge in [-0.2, -0.15) is 13.2 Å². The van der Waals surface area contributed by atoms with Crippen LogP contribution < -0.4 is 10.0 Å². The smallest absolute Gasteiger partial charge is 0.314 e. The van der Waals surface area contributed by atoms with Crippen molar-refractivity contribution < 1.29 is 21.6 Å². The zero-order valence-corrected chi connectivity index (χ0v) is 14.4. The van der Waals surface area contributed by atoms with E-state index in [0.717, 1.165) is 38.3 Å². The maximum absolute atomic E-state index is 13.0. The molecule has 0 aromatic heterocycles. The molecule has 0 atom stereocenters. The predicted octanol–water partition coefficient (Wildman–Crippen LogP) is 1.93. The van der Waals surface area contributed by atoms with Gasteiger partial charge in [0, 0.05) is 32.7 Å². The summed E-state index contributed by atoms with van der Waals surface area (Å²) in [5, 5.41) is 2.76. The van der Waals surface area contributed by atoms with Gasteiger partial charge in [0.1, 0.15) is 4.90 Å². The van der Waals surface area contributed by atoms with Crippen molar-refractivity contribution in [3.8, 4) is 0 Å². The predicted molar refractivity (Wildman–Crippen MR) is 85.6 cm³/mol. The maximum atomic E-state index is 13.0. The van der Waals surface area contributed by atoms with Crippen LogP contribution in [-0.4, -0.2) is 52.6 Å². The average Bonchev–Trinajstić information content (AvgIpc) is 2.51. The number of nitrogens with zero attached hydrogens (tertiary/aromatic N) is 1. The molecule has 0 bridgehead atoms. The van der Waals surface area contributed by atoms with Crippen LogP contribution in [0.1, 0.15) is 12.0 Å². The number of halogens is 4. The lowest BCUT2D eigenvalue weighted by atomic mass is 10.2. The first-order valence-corrected chi connectivity index (χ1v) is 9.36. The Bertz CT molecular complexity index is 662. The van der Waals surface area contributed by atoms with Crippen LogP contribution in [0.4, 0.5) is 13.2 Å². The highest BCUT2D eigenvalue weighted by Crippen LogP contribution is 2.37. The highest BCUT2D eigenvalue weighted by molar-refractivity contribution is 7.89. The number of hydrogen-bond acceptors (Lipinski definition) is 4. The number of nitrogens with one attached hydrogen (secondary N) is 2. The number of hydrogen-bond donors (Lipinski definition) is 2. The minimum atomic E-state index is -4.80. The van der Waals surface area contributed by atoms with E-state index in [1.807, 2.05) is 0 Å². The molecule has 5 nitrogen and oxygen atoms in total. The van der Waals surface area contributed by atoms with E-state index in [9.17, 15) is 21.6 Å². The van der Waals surface area contributed by atoms with E-state index >= 15 is 0 Å². The van der Waals surface area contributed by atoms with Gasteiger partial charge in [0.15, 0.2) is 0 Å². The van der Waals surface area contributed by atoms with Gasteiger partial charge < -0.3 is 10.2 Å². The number of rotatable bonds is 6. The third kappa shape index (κ3) is 5.06. The molecule has 1 aliphatic heterocycles. The number of sulfonamides is 1. The second kappa shape index (κ2) is 8.01. The van der Waals surface area contributed by atoms with E-state index in [1.54, 1.807) is 0 Å². The molecule has 0 radical (unpaired) electrons. The molecule has 1 aliphatic rings. The first kappa shape index (κ1) is 19.5. The molecule has 0 aliphatic carbocycles. The van der Waals surface area contributed by atoms with Gasteiger partial charge in [-0.25, -0.2) is 13.1 Å². The third-order valence-electron chi connectivity index (χ3n) is 3.69. The van der Waals surface area contributed by atoms with Crippen molar-refractivity contribution >= 4 is 21.6 Å². The van der Waals surface area contributed by atoms with Crippen molar-refractivity contribution in [2.45, 2.75) is 17.5 Å². The Morgan fingerprint density at radius 3 is 2.54 bits per heavy atom. The van der Waals surface area contributed by atoms with E-state index in [4.69, 9.17) is 11.6 Å². The van der Waals surface area contributed by atoms with Crippen molar-refractivity contribution in [2.75, 3.05) is 39.3 Å². The Morgan fingerprint density at radius 2 is 1.92 bits per heavy atom. The fourth-order valence-corrected chi connectivity index (χ4v) is 4.36. The van der Waals surface area contributed by atoms with Gasteiger partial charge in [-0.05, 0) is 25.1 Å². The summed E-state index contributed by atoms with van der Waals surface area (Å²) in [7, 11) is -4.34. The van der Waals surface area contributed by atoms with Crippen molar-refractivity contribution in [1.82, 2.24) is 14.9 Å². The van der Waals surface area contributed by atoms with Gasteiger partial charge in [-0.15, -0.1) is 0 Å². The normalized spacial score (nSPS) is 17.2. The molecule has 136 valence electrons. The highest BCUT2D eigenvalue weighted by Gasteiger charge is 2.38.